The molecule has 106 valence electrons. The Bertz CT molecular complexity index is 523. The van der Waals surface area contributed by atoms with Gasteiger partial charge in [-0.05, 0) is 25.0 Å². The third-order valence-electron chi connectivity index (χ3n) is 3.33. The first-order chi connectivity index (χ1) is 9.56. The van der Waals surface area contributed by atoms with Crippen LogP contribution < -0.4 is 10.6 Å². The van der Waals surface area contributed by atoms with Crippen molar-refractivity contribution in [3.63, 3.8) is 0 Å². The van der Waals surface area contributed by atoms with Crippen molar-refractivity contribution >= 4 is 17.8 Å². The SMILES string of the molecule is O=C(NCCNC(=O)C1(C(=O)O)CC1)c1ccccc1. The summed E-state index contributed by atoms with van der Waals surface area (Å²) in [4.78, 5) is 34.3. The van der Waals surface area contributed by atoms with Crippen molar-refractivity contribution in [2.24, 2.45) is 5.41 Å². The topological polar surface area (TPSA) is 95.5 Å². The first kappa shape index (κ1) is 14.0. The summed E-state index contributed by atoms with van der Waals surface area (Å²) in [6.07, 6.45) is 0.759. The average molecular weight is 276 g/mol. The Morgan fingerprint density at radius 1 is 1.05 bits per heavy atom. The number of hydrogen-bond acceptors (Lipinski definition) is 3. The van der Waals surface area contributed by atoms with Gasteiger partial charge < -0.3 is 15.7 Å². The molecular formula is C14H16N2O4. The Labute approximate surface area is 116 Å². The summed E-state index contributed by atoms with van der Waals surface area (Å²) in [5, 5.41) is 14.1. The Hall–Kier alpha value is -2.37. The molecule has 0 radical (unpaired) electrons. The fourth-order valence-electron chi connectivity index (χ4n) is 1.88. The zero-order valence-electron chi connectivity index (χ0n) is 10.9. The monoisotopic (exact) mass is 276 g/mol. The Morgan fingerprint density at radius 3 is 2.20 bits per heavy atom. The van der Waals surface area contributed by atoms with Gasteiger partial charge in [-0.2, -0.15) is 0 Å². The van der Waals surface area contributed by atoms with Gasteiger partial charge in [0.15, 0.2) is 0 Å². The van der Waals surface area contributed by atoms with Crippen molar-refractivity contribution in [1.29, 1.82) is 0 Å². The highest BCUT2D eigenvalue weighted by molar-refractivity contribution is 6.04. The van der Waals surface area contributed by atoms with Gasteiger partial charge in [0.2, 0.25) is 5.91 Å². The molecule has 0 saturated heterocycles. The largest absolute Gasteiger partial charge is 0.480 e. The van der Waals surface area contributed by atoms with Gasteiger partial charge in [0.1, 0.15) is 5.41 Å². The molecule has 3 N–H and O–H groups in total. The highest BCUT2D eigenvalue weighted by Crippen LogP contribution is 2.45. The van der Waals surface area contributed by atoms with Gasteiger partial charge in [0.05, 0.1) is 0 Å². The molecule has 1 aromatic rings. The summed E-state index contributed by atoms with van der Waals surface area (Å²) < 4.78 is 0. The molecule has 1 aliphatic carbocycles. The van der Waals surface area contributed by atoms with E-state index >= 15 is 0 Å². The van der Waals surface area contributed by atoms with Gasteiger partial charge in [-0.3, -0.25) is 14.4 Å². The molecule has 0 spiro atoms. The van der Waals surface area contributed by atoms with Crippen molar-refractivity contribution < 1.29 is 19.5 Å². The fourth-order valence-corrected chi connectivity index (χ4v) is 1.88. The van der Waals surface area contributed by atoms with Crippen LogP contribution in [0.1, 0.15) is 23.2 Å². The van der Waals surface area contributed by atoms with E-state index in [1.54, 1.807) is 24.3 Å². The second-order valence-electron chi connectivity index (χ2n) is 4.77. The van der Waals surface area contributed by atoms with Gasteiger partial charge in [-0.25, -0.2) is 0 Å². The molecule has 6 nitrogen and oxygen atoms in total. The van der Waals surface area contributed by atoms with E-state index in [1.807, 2.05) is 6.07 Å². The van der Waals surface area contributed by atoms with E-state index < -0.39 is 17.3 Å². The lowest BCUT2D eigenvalue weighted by molar-refractivity contribution is -0.149. The third kappa shape index (κ3) is 2.96. The number of carbonyl (C=O) groups is 3. The lowest BCUT2D eigenvalue weighted by Gasteiger charge is -2.11. The van der Waals surface area contributed by atoms with Crippen LogP contribution in [0.3, 0.4) is 0 Å². The van der Waals surface area contributed by atoms with E-state index in [1.165, 1.54) is 0 Å². The van der Waals surface area contributed by atoms with Gasteiger partial charge in [-0.1, -0.05) is 18.2 Å². The zero-order chi connectivity index (χ0) is 14.6. The third-order valence-corrected chi connectivity index (χ3v) is 3.33. The Balaban J connectivity index is 1.71. The summed E-state index contributed by atoms with van der Waals surface area (Å²) in [5.41, 5.74) is -0.688. The summed E-state index contributed by atoms with van der Waals surface area (Å²) in [6, 6.07) is 8.73. The van der Waals surface area contributed by atoms with Crippen molar-refractivity contribution in [3.05, 3.63) is 35.9 Å². The van der Waals surface area contributed by atoms with Gasteiger partial charge in [-0.15, -0.1) is 0 Å². The Morgan fingerprint density at radius 2 is 1.65 bits per heavy atom. The van der Waals surface area contributed by atoms with Crippen molar-refractivity contribution in [3.8, 4) is 0 Å². The van der Waals surface area contributed by atoms with E-state index in [0.717, 1.165) is 0 Å². The van der Waals surface area contributed by atoms with Gasteiger partial charge in [0, 0.05) is 18.7 Å². The number of carboxylic acids is 1. The van der Waals surface area contributed by atoms with E-state index in [4.69, 9.17) is 5.11 Å². The van der Waals surface area contributed by atoms with Gasteiger partial charge in [0.25, 0.3) is 5.91 Å². The molecule has 0 aromatic heterocycles. The Kier molecular flexibility index (Phi) is 4.02. The molecular weight excluding hydrogens is 260 g/mol. The zero-order valence-corrected chi connectivity index (χ0v) is 10.9. The normalized spacial score (nSPS) is 15.2. The molecule has 0 unspecified atom stereocenters. The molecule has 1 aliphatic rings. The van der Waals surface area contributed by atoms with Crippen LogP contribution in [0, 0.1) is 5.41 Å². The summed E-state index contributed by atoms with van der Waals surface area (Å²) in [7, 11) is 0. The summed E-state index contributed by atoms with van der Waals surface area (Å²) >= 11 is 0. The second-order valence-corrected chi connectivity index (χ2v) is 4.77. The summed E-state index contributed by atoms with van der Waals surface area (Å²) in [5.74, 6) is -1.78. The van der Waals surface area contributed by atoms with Crippen LogP contribution >= 0.6 is 0 Å². The highest BCUT2D eigenvalue weighted by atomic mass is 16.4. The number of carbonyl (C=O) groups excluding carboxylic acids is 2. The quantitative estimate of drug-likeness (QED) is 0.517. The molecule has 1 saturated carbocycles. The predicted octanol–water partition coefficient (Wildman–Crippen LogP) is 0.397. The molecule has 2 rings (SSSR count). The smallest absolute Gasteiger partial charge is 0.319 e. The number of carboxylic acid groups (broad SMARTS) is 1. The number of nitrogens with one attached hydrogen (secondary N) is 2. The lowest BCUT2D eigenvalue weighted by atomic mass is 10.1. The molecule has 0 aliphatic heterocycles. The number of hydrogen-bond donors (Lipinski definition) is 3. The highest BCUT2D eigenvalue weighted by Gasteiger charge is 2.56. The van der Waals surface area contributed by atoms with Crippen LogP contribution in [0.5, 0.6) is 0 Å². The van der Waals surface area contributed by atoms with Gasteiger partial charge >= 0.3 is 5.97 Å². The average Bonchev–Trinajstić information content (AvgIpc) is 3.25. The first-order valence-electron chi connectivity index (χ1n) is 6.41. The molecule has 0 bridgehead atoms. The molecule has 0 heterocycles. The maximum Gasteiger partial charge on any atom is 0.319 e. The molecule has 6 heteroatoms. The summed E-state index contributed by atoms with van der Waals surface area (Å²) in [6.45, 7) is 0.474. The van der Waals surface area contributed by atoms with E-state index in [-0.39, 0.29) is 19.0 Å². The predicted molar refractivity (Wildman–Crippen MR) is 71.1 cm³/mol. The minimum Gasteiger partial charge on any atom is -0.480 e. The molecule has 2 amide bonds. The van der Waals surface area contributed by atoms with Crippen LogP contribution in [0.2, 0.25) is 0 Å². The van der Waals surface area contributed by atoms with Crippen LogP contribution in [0.15, 0.2) is 30.3 Å². The molecule has 20 heavy (non-hydrogen) atoms. The molecule has 1 fully saturated rings. The standard InChI is InChI=1S/C14H16N2O4/c17-11(10-4-2-1-3-5-10)15-8-9-16-12(18)14(6-7-14)13(19)20/h1-5H,6-9H2,(H,15,17)(H,16,18)(H,19,20). The maximum atomic E-state index is 11.7. The first-order valence-corrected chi connectivity index (χ1v) is 6.41. The fraction of sp³-hybridized carbons (Fsp3) is 0.357. The molecule has 0 atom stereocenters. The van der Waals surface area contributed by atoms with Crippen molar-refractivity contribution in [1.82, 2.24) is 10.6 Å². The number of rotatable bonds is 6. The number of benzene rings is 1. The van der Waals surface area contributed by atoms with Crippen molar-refractivity contribution in [2.45, 2.75) is 12.8 Å². The second kappa shape index (κ2) is 5.73. The maximum absolute atomic E-state index is 11.7. The van der Waals surface area contributed by atoms with Crippen molar-refractivity contribution in [2.75, 3.05) is 13.1 Å². The van der Waals surface area contributed by atoms with E-state index in [9.17, 15) is 14.4 Å². The minimum absolute atomic E-state index is 0.215. The van der Waals surface area contributed by atoms with E-state index in [0.29, 0.717) is 18.4 Å². The van der Waals surface area contributed by atoms with Crippen LogP contribution in [0.25, 0.3) is 0 Å². The van der Waals surface area contributed by atoms with Crippen LogP contribution in [0.4, 0.5) is 0 Å². The number of aliphatic carboxylic acids is 1. The van der Waals surface area contributed by atoms with E-state index in [2.05, 4.69) is 10.6 Å². The molecule has 1 aromatic carbocycles. The van der Waals surface area contributed by atoms with Crippen LogP contribution in [-0.2, 0) is 9.59 Å². The van der Waals surface area contributed by atoms with Crippen LogP contribution in [-0.4, -0.2) is 36.0 Å². The lowest BCUT2D eigenvalue weighted by Crippen LogP contribution is -2.41. The number of amides is 2. The minimum atomic E-state index is -1.23.